The molecule has 3 rings (SSSR count). The van der Waals surface area contributed by atoms with Crippen LogP contribution >= 0.6 is 0 Å². The number of rotatable bonds is 7. The van der Waals surface area contributed by atoms with Gasteiger partial charge in [-0.05, 0) is 36.9 Å². The summed E-state index contributed by atoms with van der Waals surface area (Å²) < 4.78 is 27.2. The van der Waals surface area contributed by atoms with Crippen molar-refractivity contribution in [3.8, 4) is 0 Å². The van der Waals surface area contributed by atoms with Gasteiger partial charge in [-0.1, -0.05) is 12.1 Å². The predicted molar refractivity (Wildman–Crippen MR) is 117 cm³/mol. The van der Waals surface area contributed by atoms with Crippen LogP contribution in [0, 0.1) is 10.1 Å². The van der Waals surface area contributed by atoms with Crippen LogP contribution < -0.4 is 10.2 Å². The number of hydrogen-bond donors (Lipinski definition) is 1. The third kappa shape index (κ3) is 4.89. The summed E-state index contributed by atoms with van der Waals surface area (Å²) in [6, 6.07) is 11.9. The average Bonchev–Trinajstić information content (AvgIpc) is 2.72. The lowest BCUT2D eigenvalue weighted by molar-refractivity contribution is -0.384. The van der Waals surface area contributed by atoms with Crippen molar-refractivity contribution in [2.24, 2.45) is 0 Å². The number of nitro benzene ring substituents is 1. The van der Waals surface area contributed by atoms with E-state index in [4.69, 9.17) is 0 Å². The van der Waals surface area contributed by atoms with Gasteiger partial charge in [-0.2, -0.15) is 4.31 Å². The molecule has 0 saturated carbocycles. The first kappa shape index (κ1) is 22.0. The van der Waals surface area contributed by atoms with Crippen LogP contribution in [0.3, 0.4) is 0 Å². The molecular formula is C20H27N5O4S. The van der Waals surface area contributed by atoms with Crippen LogP contribution in [-0.4, -0.2) is 69.9 Å². The van der Waals surface area contributed by atoms with Gasteiger partial charge in [0.25, 0.3) is 5.69 Å². The first-order valence-electron chi connectivity index (χ1n) is 9.66. The highest BCUT2D eigenvalue weighted by Crippen LogP contribution is 2.30. The number of anilines is 2. The minimum atomic E-state index is -3.77. The first-order valence-corrected chi connectivity index (χ1v) is 11.1. The van der Waals surface area contributed by atoms with E-state index in [0.29, 0.717) is 32.7 Å². The zero-order valence-corrected chi connectivity index (χ0v) is 18.2. The minimum absolute atomic E-state index is 0.0559. The van der Waals surface area contributed by atoms with E-state index in [-0.39, 0.29) is 16.3 Å². The van der Waals surface area contributed by atoms with Crippen molar-refractivity contribution in [2.75, 3.05) is 57.5 Å². The highest BCUT2D eigenvalue weighted by atomic mass is 32.2. The summed E-state index contributed by atoms with van der Waals surface area (Å²) in [5.41, 5.74) is 2.05. The highest BCUT2D eigenvalue weighted by Gasteiger charge is 2.29. The van der Waals surface area contributed by atoms with Crippen molar-refractivity contribution in [2.45, 2.75) is 11.4 Å². The fourth-order valence-electron chi connectivity index (χ4n) is 3.26. The SMILES string of the molecule is CN1CCN(S(=O)(=O)c2ccc(NCc3ccc(N(C)C)cc3)c([N+](=O)[O-])c2)CC1. The van der Waals surface area contributed by atoms with Gasteiger partial charge in [-0.15, -0.1) is 0 Å². The molecule has 2 aromatic carbocycles. The lowest BCUT2D eigenvalue weighted by Crippen LogP contribution is -2.47. The molecule has 9 nitrogen and oxygen atoms in total. The first-order chi connectivity index (χ1) is 14.2. The number of likely N-dealkylation sites (N-methyl/N-ethyl adjacent to an activating group) is 1. The number of piperazine rings is 1. The van der Waals surface area contributed by atoms with Crippen LogP contribution in [0.25, 0.3) is 0 Å². The third-order valence-corrected chi connectivity index (χ3v) is 7.10. The molecule has 0 aromatic heterocycles. The molecule has 0 aliphatic carbocycles. The predicted octanol–water partition coefficient (Wildman–Crippen LogP) is 2.21. The number of sulfonamides is 1. The van der Waals surface area contributed by atoms with E-state index in [2.05, 4.69) is 5.32 Å². The summed E-state index contributed by atoms with van der Waals surface area (Å²) >= 11 is 0. The number of hydrogen-bond acceptors (Lipinski definition) is 7. The molecule has 1 heterocycles. The van der Waals surface area contributed by atoms with E-state index in [1.807, 2.05) is 55.2 Å². The largest absolute Gasteiger partial charge is 0.378 e. The Morgan fingerprint density at radius 1 is 1.07 bits per heavy atom. The molecule has 1 N–H and O–H groups in total. The standard InChI is InChI=1S/C20H27N5O4S/c1-22(2)17-6-4-16(5-7-17)15-21-19-9-8-18(14-20(19)25(26)27)30(28,29)24-12-10-23(3)11-13-24/h4-9,14,21H,10-13,15H2,1-3H3. The maximum absolute atomic E-state index is 12.9. The van der Waals surface area contributed by atoms with Crippen molar-refractivity contribution in [1.82, 2.24) is 9.21 Å². The van der Waals surface area contributed by atoms with E-state index < -0.39 is 14.9 Å². The molecule has 1 aliphatic heterocycles. The summed E-state index contributed by atoms with van der Waals surface area (Å²) in [4.78, 5) is 15.0. The zero-order valence-electron chi connectivity index (χ0n) is 17.4. The highest BCUT2D eigenvalue weighted by molar-refractivity contribution is 7.89. The minimum Gasteiger partial charge on any atom is -0.378 e. The van der Waals surface area contributed by atoms with Gasteiger partial charge in [0.2, 0.25) is 10.0 Å². The Labute approximate surface area is 177 Å². The van der Waals surface area contributed by atoms with Gasteiger partial charge in [-0.25, -0.2) is 8.42 Å². The second-order valence-electron chi connectivity index (χ2n) is 7.56. The van der Waals surface area contributed by atoms with Gasteiger partial charge < -0.3 is 15.1 Å². The van der Waals surface area contributed by atoms with Gasteiger partial charge >= 0.3 is 0 Å². The molecule has 0 unspecified atom stereocenters. The molecule has 0 spiro atoms. The van der Waals surface area contributed by atoms with Gasteiger partial charge in [0.1, 0.15) is 5.69 Å². The molecule has 2 aromatic rings. The van der Waals surface area contributed by atoms with Crippen LogP contribution in [0.15, 0.2) is 47.4 Å². The Balaban J connectivity index is 1.79. The molecule has 162 valence electrons. The van der Waals surface area contributed by atoms with Crippen LogP contribution in [0.4, 0.5) is 17.1 Å². The Hall–Kier alpha value is -2.69. The van der Waals surface area contributed by atoms with Crippen LogP contribution in [-0.2, 0) is 16.6 Å². The molecule has 0 bridgehead atoms. The summed E-state index contributed by atoms with van der Waals surface area (Å²) in [5, 5.41) is 14.6. The molecule has 10 heteroatoms. The smallest absolute Gasteiger partial charge is 0.293 e. The number of nitrogens with zero attached hydrogens (tertiary/aromatic N) is 4. The molecular weight excluding hydrogens is 406 g/mol. The van der Waals surface area contributed by atoms with E-state index in [1.165, 1.54) is 16.4 Å². The maximum Gasteiger partial charge on any atom is 0.293 e. The fourth-order valence-corrected chi connectivity index (χ4v) is 4.70. The van der Waals surface area contributed by atoms with Crippen LogP contribution in [0.5, 0.6) is 0 Å². The molecule has 1 fully saturated rings. The van der Waals surface area contributed by atoms with E-state index in [0.717, 1.165) is 17.3 Å². The molecule has 1 aliphatic rings. The lowest BCUT2D eigenvalue weighted by atomic mass is 10.2. The van der Waals surface area contributed by atoms with Gasteiger partial charge in [0.05, 0.1) is 9.82 Å². The maximum atomic E-state index is 12.9. The topological polar surface area (TPSA) is 99.0 Å². The monoisotopic (exact) mass is 433 g/mol. The average molecular weight is 434 g/mol. The zero-order chi connectivity index (χ0) is 21.9. The molecule has 1 saturated heterocycles. The summed E-state index contributed by atoms with van der Waals surface area (Å²) in [6.45, 7) is 2.39. The number of nitro groups is 1. The second-order valence-corrected chi connectivity index (χ2v) is 9.50. The molecule has 30 heavy (non-hydrogen) atoms. The summed E-state index contributed by atoms with van der Waals surface area (Å²) in [6.07, 6.45) is 0. The van der Waals surface area contributed by atoms with Crippen molar-refractivity contribution < 1.29 is 13.3 Å². The summed E-state index contributed by atoms with van der Waals surface area (Å²) in [7, 11) is 2.07. The third-order valence-electron chi connectivity index (χ3n) is 5.20. The van der Waals surface area contributed by atoms with Crippen molar-refractivity contribution in [3.63, 3.8) is 0 Å². The van der Waals surface area contributed by atoms with Crippen molar-refractivity contribution in [3.05, 3.63) is 58.1 Å². The van der Waals surface area contributed by atoms with E-state index in [9.17, 15) is 18.5 Å². The number of nitrogens with one attached hydrogen (secondary N) is 1. The number of benzene rings is 2. The van der Waals surface area contributed by atoms with Crippen LogP contribution in [0.2, 0.25) is 0 Å². The van der Waals surface area contributed by atoms with Gasteiger partial charge in [0.15, 0.2) is 0 Å². The quantitative estimate of drug-likeness (QED) is 0.528. The van der Waals surface area contributed by atoms with Gasteiger partial charge in [0, 0.05) is 58.6 Å². The van der Waals surface area contributed by atoms with Crippen molar-refractivity contribution in [1.29, 1.82) is 0 Å². The van der Waals surface area contributed by atoms with E-state index >= 15 is 0 Å². The lowest BCUT2D eigenvalue weighted by Gasteiger charge is -2.31. The fraction of sp³-hybridized carbons (Fsp3) is 0.400. The molecule has 0 atom stereocenters. The van der Waals surface area contributed by atoms with Crippen molar-refractivity contribution >= 4 is 27.1 Å². The van der Waals surface area contributed by atoms with Crippen LogP contribution in [0.1, 0.15) is 5.56 Å². The Bertz CT molecular complexity index is 1000. The Morgan fingerprint density at radius 2 is 1.70 bits per heavy atom. The summed E-state index contributed by atoms with van der Waals surface area (Å²) in [5.74, 6) is 0. The van der Waals surface area contributed by atoms with E-state index in [1.54, 1.807) is 0 Å². The van der Waals surface area contributed by atoms with Gasteiger partial charge in [-0.3, -0.25) is 10.1 Å². The normalized spacial score (nSPS) is 15.7. The molecule has 0 radical (unpaired) electrons. The second kappa shape index (κ2) is 8.99. The Kier molecular flexibility index (Phi) is 6.59. The molecule has 0 amide bonds. The Morgan fingerprint density at radius 3 is 2.27 bits per heavy atom.